The average Bonchev–Trinajstić information content (AvgIpc) is 2.75. The Labute approximate surface area is 129 Å². The van der Waals surface area contributed by atoms with Crippen molar-refractivity contribution in [3.8, 4) is 0 Å². The molecule has 2 unspecified atom stereocenters. The van der Waals surface area contributed by atoms with Crippen LogP contribution in [0.2, 0.25) is 0 Å². The van der Waals surface area contributed by atoms with Gasteiger partial charge in [0.1, 0.15) is 5.60 Å². The van der Waals surface area contributed by atoms with Crippen molar-refractivity contribution in [2.75, 3.05) is 0 Å². The van der Waals surface area contributed by atoms with E-state index in [0.717, 1.165) is 23.7 Å². The van der Waals surface area contributed by atoms with E-state index in [-0.39, 0.29) is 12.1 Å². The van der Waals surface area contributed by atoms with E-state index in [9.17, 15) is 4.79 Å². The summed E-state index contributed by atoms with van der Waals surface area (Å²) in [5.74, 6) is 0.385. The molecule has 0 spiro atoms. The molecule has 4 heteroatoms. The first-order chi connectivity index (χ1) is 9.35. The first-order valence-electron chi connectivity index (χ1n) is 7.10. The summed E-state index contributed by atoms with van der Waals surface area (Å²) in [7, 11) is 0. The third-order valence-corrected chi connectivity index (χ3v) is 4.04. The van der Waals surface area contributed by atoms with Crippen LogP contribution >= 0.6 is 15.9 Å². The van der Waals surface area contributed by atoms with Crippen LogP contribution in [0.5, 0.6) is 0 Å². The van der Waals surface area contributed by atoms with Gasteiger partial charge in [-0.2, -0.15) is 0 Å². The molecule has 0 saturated heterocycles. The summed E-state index contributed by atoms with van der Waals surface area (Å²) in [5, 5.41) is 3.03. The first kappa shape index (κ1) is 15.4. The Hall–Kier alpha value is -1.03. The maximum Gasteiger partial charge on any atom is 0.407 e. The maximum absolute atomic E-state index is 11.9. The summed E-state index contributed by atoms with van der Waals surface area (Å²) in [5.41, 5.74) is 0.835. The largest absolute Gasteiger partial charge is 0.444 e. The average molecular weight is 340 g/mol. The van der Waals surface area contributed by atoms with Crippen LogP contribution in [-0.4, -0.2) is 17.7 Å². The van der Waals surface area contributed by atoms with Crippen LogP contribution in [0.3, 0.4) is 0 Å². The predicted molar refractivity (Wildman–Crippen MR) is 83.9 cm³/mol. The number of amides is 1. The summed E-state index contributed by atoms with van der Waals surface area (Å²) < 4.78 is 6.42. The van der Waals surface area contributed by atoms with E-state index >= 15 is 0 Å². The predicted octanol–water partition coefficient (Wildman–Crippen LogP) is 4.61. The smallest absolute Gasteiger partial charge is 0.407 e. The van der Waals surface area contributed by atoms with Crippen molar-refractivity contribution in [3.05, 3.63) is 34.3 Å². The van der Waals surface area contributed by atoms with Gasteiger partial charge in [-0.3, -0.25) is 0 Å². The topological polar surface area (TPSA) is 38.3 Å². The van der Waals surface area contributed by atoms with E-state index in [2.05, 4.69) is 45.5 Å². The van der Waals surface area contributed by atoms with Gasteiger partial charge in [-0.1, -0.05) is 34.5 Å². The molecule has 0 bridgehead atoms. The molecule has 2 atom stereocenters. The van der Waals surface area contributed by atoms with E-state index in [4.69, 9.17) is 4.74 Å². The van der Waals surface area contributed by atoms with Gasteiger partial charge < -0.3 is 10.1 Å². The van der Waals surface area contributed by atoms with Crippen LogP contribution in [-0.2, 0) is 4.74 Å². The molecule has 2 rings (SSSR count). The van der Waals surface area contributed by atoms with E-state index in [1.807, 2.05) is 20.8 Å². The molecule has 0 aliphatic heterocycles. The second kappa shape index (κ2) is 6.17. The Morgan fingerprint density at radius 3 is 2.50 bits per heavy atom. The Morgan fingerprint density at radius 1 is 1.25 bits per heavy atom. The summed E-state index contributed by atoms with van der Waals surface area (Å²) in [6.07, 6.45) is 2.95. The molecule has 1 fully saturated rings. The monoisotopic (exact) mass is 339 g/mol. The zero-order valence-electron chi connectivity index (χ0n) is 12.3. The minimum absolute atomic E-state index is 0.172. The van der Waals surface area contributed by atoms with Gasteiger partial charge in [-0.05, 0) is 51.3 Å². The fraction of sp³-hybridized carbons (Fsp3) is 0.562. The summed E-state index contributed by atoms with van der Waals surface area (Å²) in [4.78, 5) is 11.9. The highest BCUT2D eigenvalue weighted by Gasteiger charge is 2.31. The zero-order valence-corrected chi connectivity index (χ0v) is 13.9. The highest BCUT2D eigenvalue weighted by atomic mass is 79.9. The SMILES string of the molecule is CC(C)(C)OC(=O)NC1CCCC1c1ccc(Br)cc1. The lowest BCUT2D eigenvalue weighted by atomic mass is 9.94. The fourth-order valence-corrected chi connectivity index (χ4v) is 2.97. The molecule has 1 aliphatic carbocycles. The number of benzene rings is 1. The zero-order chi connectivity index (χ0) is 14.8. The van der Waals surface area contributed by atoms with Crippen LogP contribution in [0.4, 0.5) is 4.79 Å². The summed E-state index contributed by atoms with van der Waals surface area (Å²) in [6.45, 7) is 5.65. The molecule has 1 amide bonds. The lowest BCUT2D eigenvalue weighted by Crippen LogP contribution is -2.40. The van der Waals surface area contributed by atoms with Gasteiger partial charge in [0.05, 0.1) is 0 Å². The van der Waals surface area contributed by atoms with Gasteiger partial charge >= 0.3 is 6.09 Å². The van der Waals surface area contributed by atoms with Crippen LogP contribution in [0.15, 0.2) is 28.7 Å². The van der Waals surface area contributed by atoms with Crippen molar-refractivity contribution < 1.29 is 9.53 Å². The van der Waals surface area contributed by atoms with Gasteiger partial charge in [-0.15, -0.1) is 0 Å². The third-order valence-electron chi connectivity index (χ3n) is 3.52. The molecule has 0 radical (unpaired) electrons. The molecule has 3 nitrogen and oxygen atoms in total. The second-order valence-electron chi connectivity index (χ2n) is 6.34. The quantitative estimate of drug-likeness (QED) is 0.854. The van der Waals surface area contributed by atoms with Crippen molar-refractivity contribution in [3.63, 3.8) is 0 Å². The normalized spacial score (nSPS) is 22.6. The number of rotatable bonds is 2. The van der Waals surface area contributed by atoms with Crippen LogP contribution in [0.25, 0.3) is 0 Å². The minimum Gasteiger partial charge on any atom is -0.444 e. The number of carbonyl (C=O) groups is 1. The summed E-state index contributed by atoms with van der Waals surface area (Å²) >= 11 is 3.45. The molecule has 1 aromatic rings. The molecule has 1 aromatic carbocycles. The third kappa shape index (κ3) is 4.23. The Morgan fingerprint density at radius 2 is 1.90 bits per heavy atom. The van der Waals surface area contributed by atoms with Gasteiger partial charge in [0.15, 0.2) is 0 Å². The van der Waals surface area contributed by atoms with E-state index in [1.54, 1.807) is 0 Å². The Kier molecular flexibility index (Phi) is 4.74. The number of halogens is 1. The van der Waals surface area contributed by atoms with Crippen molar-refractivity contribution in [1.82, 2.24) is 5.32 Å². The second-order valence-corrected chi connectivity index (χ2v) is 7.26. The molecule has 0 aromatic heterocycles. The van der Waals surface area contributed by atoms with Crippen LogP contribution in [0.1, 0.15) is 51.5 Å². The van der Waals surface area contributed by atoms with E-state index in [1.165, 1.54) is 5.56 Å². The Bertz CT molecular complexity index is 464. The van der Waals surface area contributed by atoms with Gasteiger partial charge in [0.2, 0.25) is 0 Å². The number of nitrogens with one attached hydrogen (secondary N) is 1. The number of alkyl carbamates (subject to hydrolysis) is 1. The number of carbonyl (C=O) groups excluding carboxylic acids is 1. The van der Waals surface area contributed by atoms with E-state index < -0.39 is 5.60 Å². The number of ether oxygens (including phenoxy) is 1. The van der Waals surface area contributed by atoms with E-state index in [0.29, 0.717) is 5.92 Å². The molecule has 20 heavy (non-hydrogen) atoms. The lowest BCUT2D eigenvalue weighted by molar-refractivity contribution is 0.0501. The molecular weight excluding hydrogens is 318 g/mol. The maximum atomic E-state index is 11.9. The molecular formula is C16H22BrNO2. The minimum atomic E-state index is -0.449. The molecule has 1 aliphatic rings. The standard InChI is InChI=1S/C16H22BrNO2/c1-16(2,3)20-15(19)18-14-6-4-5-13(14)11-7-9-12(17)10-8-11/h7-10,13-14H,4-6H2,1-3H3,(H,18,19). The molecule has 0 heterocycles. The lowest BCUT2D eigenvalue weighted by Gasteiger charge is -2.25. The molecule has 1 saturated carbocycles. The number of hydrogen-bond acceptors (Lipinski definition) is 2. The van der Waals surface area contributed by atoms with Gasteiger partial charge in [0.25, 0.3) is 0 Å². The molecule has 110 valence electrons. The Balaban J connectivity index is 2.00. The highest BCUT2D eigenvalue weighted by molar-refractivity contribution is 9.10. The number of hydrogen-bond donors (Lipinski definition) is 1. The van der Waals surface area contributed by atoms with Crippen LogP contribution < -0.4 is 5.32 Å². The van der Waals surface area contributed by atoms with Crippen molar-refractivity contribution >= 4 is 22.0 Å². The van der Waals surface area contributed by atoms with Crippen molar-refractivity contribution in [2.24, 2.45) is 0 Å². The van der Waals surface area contributed by atoms with Gasteiger partial charge in [0, 0.05) is 16.4 Å². The summed E-state index contributed by atoms with van der Waals surface area (Å²) in [6, 6.07) is 8.54. The fourth-order valence-electron chi connectivity index (χ4n) is 2.70. The first-order valence-corrected chi connectivity index (χ1v) is 7.89. The molecule has 1 N–H and O–H groups in total. The highest BCUT2D eigenvalue weighted by Crippen LogP contribution is 2.35. The van der Waals surface area contributed by atoms with Crippen molar-refractivity contribution in [2.45, 2.75) is 57.6 Å². The van der Waals surface area contributed by atoms with Crippen molar-refractivity contribution in [1.29, 1.82) is 0 Å². The van der Waals surface area contributed by atoms with Gasteiger partial charge in [-0.25, -0.2) is 4.79 Å². The van der Waals surface area contributed by atoms with Crippen LogP contribution in [0, 0.1) is 0 Å².